The fraction of sp³-hybridized carbons (Fsp3) is 0.136. The van der Waals surface area contributed by atoms with Crippen LogP contribution in [-0.2, 0) is 6.61 Å². The van der Waals surface area contributed by atoms with Crippen molar-refractivity contribution in [1.82, 2.24) is 0 Å². The van der Waals surface area contributed by atoms with Crippen molar-refractivity contribution in [2.45, 2.75) is 20.5 Å². The Hall–Kier alpha value is -2.92. The summed E-state index contributed by atoms with van der Waals surface area (Å²) in [5.74, 6) is 0.940. The van der Waals surface area contributed by atoms with Gasteiger partial charge in [0.2, 0.25) is 5.78 Å². The van der Waals surface area contributed by atoms with Gasteiger partial charge in [0.1, 0.15) is 23.9 Å². The van der Waals surface area contributed by atoms with Gasteiger partial charge in [-0.2, -0.15) is 0 Å². The molecule has 0 N–H and O–H groups in total. The SMILES string of the molecule is Cc1ccsc1/C=C1\Oc2c(ccc(OCc3ccccc3F)c2C)C1=O. The second-order valence-electron chi connectivity index (χ2n) is 6.35. The Labute approximate surface area is 160 Å². The van der Waals surface area contributed by atoms with Crippen LogP contribution in [0.1, 0.15) is 31.9 Å². The van der Waals surface area contributed by atoms with E-state index in [1.54, 1.807) is 47.7 Å². The normalized spacial score (nSPS) is 14.3. The van der Waals surface area contributed by atoms with Gasteiger partial charge in [0.05, 0.1) is 5.56 Å². The van der Waals surface area contributed by atoms with E-state index in [9.17, 15) is 9.18 Å². The second kappa shape index (κ2) is 7.00. The Morgan fingerprint density at radius 1 is 1.15 bits per heavy atom. The molecule has 0 radical (unpaired) electrons. The summed E-state index contributed by atoms with van der Waals surface area (Å²) in [6, 6.07) is 11.9. The summed E-state index contributed by atoms with van der Waals surface area (Å²) >= 11 is 1.56. The average Bonchev–Trinajstić information content (AvgIpc) is 3.20. The van der Waals surface area contributed by atoms with Crippen LogP contribution in [0, 0.1) is 19.7 Å². The molecule has 3 aromatic rings. The maximum atomic E-state index is 13.8. The zero-order chi connectivity index (χ0) is 19.0. The third-order valence-electron chi connectivity index (χ3n) is 4.54. The lowest BCUT2D eigenvalue weighted by atomic mass is 10.1. The number of thiophene rings is 1. The van der Waals surface area contributed by atoms with Crippen LogP contribution in [0.3, 0.4) is 0 Å². The molecule has 0 amide bonds. The quantitative estimate of drug-likeness (QED) is 0.545. The first-order valence-electron chi connectivity index (χ1n) is 8.52. The molecule has 0 fully saturated rings. The van der Waals surface area contributed by atoms with E-state index in [2.05, 4.69) is 0 Å². The van der Waals surface area contributed by atoms with Crippen LogP contribution in [0.4, 0.5) is 4.39 Å². The monoisotopic (exact) mass is 380 g/mol. The first-order chi connectivity index (χ1) is 13.0. The Kier molecular flexibility index (Phi) is 4.54. The van der Waals surface area contributed by atoms with Crippen molar-refractivity contribution in [3.05, 3.63) is 86.6 Å². The van der Waals surface area contributed by atoms with Gasteiger partial charge in [-0.05, 0) is 49.1 Å². The van der Waals surface area contributed by atoms with Crippen LogP contribution in [0.2, 0.25) is 0 Å². The minimum absolute atomic E-state index is 0.108. The number of aryl methyl sites for hydroxylation is 1. The molecule has 0 unspecified atom stereocenters. The maximum Gasteiger partial charge on any atom is 0.232 e. The van der Waals surface area contributed by atoms with E-state index in [-0.39, 0.29) is 18.2 Å². The van der Waals surface area contributed by atoms with Crippen LogP contribution in [0.15, 0.2) is 53.6 Å². The summed E-state index contributed by atoms with van der Waals surface area (Å²) in [6.45, 7) is 3.94. The predicted molar refractivity (Wildman–Crippen MR) is 104 cm³/mol. The van der Waals surface area contributed by atoms with Crippen molar-refractivity contribution in [3.8, 4) is 11.5 Å². The molecule has 1 aliphatic rings. The third-order valence-corrected chi connectivity index (χ3v) is 5.51. The van der Waals surface area contributed by atoms with Gasteiger partial charge >= 0.3 is 0 Å². The molecule has 27 heavy (non-hydrogen) atoms. The highest BCUT2D eigenvalue weighted by atomic mass is 32.1. The van der Waals surface area contributed by atoms with Crippen LogP contribution < -0.4 is 9.47 Å². The van der Waals surface area contributed by atoms with E-state index in [1.165, 1.54) is 6.07 Å². The van der Waals surface area contributed by atoms with E-state index >= 15 is 0 Å². The molecule has 0 aliphatic carbocycles. The molecule has 2 aromatic carbocycles. The number of fused-ring (bicyclic) bond motifs is 1. The average molecular weight is 380 g/mol. The van der Waals surface area contributed by atoms with Gasteiger partial charge in [-0.15, -0.1) is 11.3 Å². The highest BCUT2D eigenvalue weighted by Crippen LogP contribution is 2.40. The molecule has 0 saturated heterocycles. The Bertz CT molecular complexity index is 1070. The van der Waals surface area contributed by atoms with Crippen molar-refractivity contribution < 1.29 is 18.7 Å². The Morgan fingerprint density at radius 3 is 2.70 bits per heavy atom. The Morgan fingerprint density at radius 2 is 1.96 bits per heavy atom. The molecule has 0 atom stereocenters. The molecule has 4 rings (SSSR count). The molecule has 0 saturated carbocycles. The number of hydrogen-bond donors (Lipinski definition) is 0. The number of allylic oxidation sites excluding steroid dienone is 1. The van der Waals surface area contributed by atoms with Crippen molar-refractivity contribution in [3.63, 3.8) is 0 Å². The number of ketones is 1. The van der Waals surface area contributed by atoms with Gasteiger partial charge in [-0.1, -0.05) is 18.2 Å². The Balaban J connectivity index is 1.60. The van der Waals surface area contributed by atoms with Crippen LogP contribution in [0.25, 0.3) is 6.08 Å². The number of halogens is 1. The summed E-state index contributed by atoms with van der Waals surface area (Å²) in [5.41, 5.74) is 2.82. The topological polar surface area (TPSA) is 35.5 Å². The van der Waals surface area contributed by atoms with Gasteiger partial charge in [-0.3, -0.25) is 4.79 Å². The highest BCUT2D eigenvalue weighted by molar-refractivity contribution is 7.11. The molecule has 1 aliphatic heterocycles. The first kappa shape index (κ1) is 17.5. The van der Waals surface area contributed by atoms with Crippen molar-refractivity contribution in [2.75, 3.05) is 0 Å². The number of Topliss-reactive ketones (excluding diaryl/α,β-unsaturated/α-hetero) is 1. The van der Waals surface area contributed by atoms with Crippen LogP contribution in [0.5, 0.6) is 11.5 Å². The number of benzene rings is 2. The summed E-state index contributed by atoms with van der Waals surface area (Å²) < 4.78 is 25.4. The number of rotatable bonds is 4. The summed E-state index contributed by atoms with van der Waals surface area (Å²) in [7, 11) is 0. The zero-order valence-electron chi connectivity index (χ0n) is 14.9. The number of carbonyl (C=O) groups is 1. The van der Waals surface area contributed by atoms with Gasteiger partial charge in [-0.25, -0.2) is 4.39 Å². The van der Waals surface area contributed by atoms with Gasteiger partial charge in [0.25, 0.3) is 0 Å². The lowest BCUT2D eigenvalue weighted by Crippen LogP contribution is -2.00. The molecule has 3 nitrogen and oxygen atoms in total. The first-order valence-corrected chi connectivity index (χ1v) is 9.40. The van der Waals surface area contributed by atoms with E-state index < -0.39 is 0 Å². The van der Waals surface area contributed by atoms with E-state index in [0.717, 1.165) is 16.0 Å². The third kappa shape index (κ3) is 3.26. The summed E-state index contributed by atoms with van der Waals surface area (Å²) in [6.07, 6.45) is 1.78. The molecule has 2 heterocycles. The molecule has 136 valence electrons. The molecular formula is C22H17FO3S. The minimum atomic E-state index is -0.306. The molecule has 5 heteroatoms. The predicted octanol–water partition coefficient (Wildman–Crippen LogP) is 5.70. The van der Waals surface area contributed by atoms with Crippen LogP contribution in [-0.4, -0.2) is 5.78 Å². The van der Waals surface area contributed by atoms with Gasteiger partial charge < -0.3 is 9.47 Å². The lowest BCUT2D eigenvalue weighted by molar-refractivity contribution is 0.101. The molecule has 0 spiro atoms. The zero-order valence-corrected chi connectivity index (χ0v) is 15.7. The van der Waals surface area contributed by atoms with E-state index in [1.807, 2.05) is 25.3 Å². The lowest BCUT2D eigenvalue weighted by Gasteiger charge is -2.12. The largest absolute Gasteiger partial charge is 0.488 e. The van der Waals surface area contributed by atoms with Gasteiger partial charge in [0, 0.05) is 22.1 Å². The number of hydrogen-bond acceptors (Lipinski definition) is 4. The fourth-order valence-corrected chi connectivity index (χ4v) is 3.79. The summed E-state index contributed by atoms with van der Waals surface area (Å²) in [4.78, 5) is 13.6. The number of carbonyl (C=O) groups excluding carboxylic acids is 1. The summed E-state index contributed by atoms with van der Waals surface area (Å²) in [5, 5.41) is 1.98. The smallest absolute Gasteiger partial charge is 0.232 e. The van der Waals surface area contributed by atoms with E-state index in [4.69, 9.17) is 9.47 Å². The molecule has 0 bridgehead atoms. The maximum absolute atomic E-state index is 13.8. The van der Waals surface area contributed by atoms with Crippen molar-refractivity contribution in [1.29, 1.82) is 0 Å². The van der Waals surface area contributed by atoms with Crippen LogP contribution >= 0.6 is 11.3 Å². The fourth-order valence-electron chi connectivity index (χ4n) is 2.95. The standard InChI is InChI=1S/C22H17FO3S/c1-13-9-10-27-20(13)11-19-21(24)16-7-8-18(14(2)22(16)26-19)25-12-15-5-3-4-6-17(15)23/h3-11H,12H2,1-2H3/b19-11-. The van der Waals surface area contributed by atoms with Crippen molar-refractivity contribution >= 4 is 23.2 Å². The van der Waals surface area contributed by atoms with Crippen molar-refractivity contribution in [2.24, 2.45) is 0 Å². The highest BCUT2D eigenvalue weighted by Gasteiger charge is 2.30. The van der Waals surface area contributed by atoms with E-state index in [0.29, 0.717) is 28.4 Å². The van der Waals surface area contributed by atoms with Gasteiger partial charge in [0.15, 0.2) is 5.76 Å². The molecule has 1 aromatic heterocycles. The second-order valence-corrected chi connectivity index (χ2v) is 7.30. The molecular weight excluding hydrogens is 363 g/mol. The minimum Gasteiger partial charge on any atom is -0.488 e. The number of ether oxygens (including phenoxy) is 2.